The van der Waals surface area contributed by atoms with Crippen LogP contribution in [0.1, 0.15) is 0 Å². The lowest BCUT2D eigenvalue weighted by molar-refractivity contribution is 1.18. The fraction of sp³-hybridized carbons (Fsp3) is 0. The van der Waals surface area contributed by atoms with E-state index in [-0.39, 0.29) is 13.4 Å². The zero-order valence-corrected chi connectivity index (χ0v) is 31.5. The molecule has 10 aromatic rings. The Balaban J connectivity index is 1.12. The van der Waals surface area contributed by atoms with Crippen molar-refractivity contribution >= 4 is 85.1 Å². The Hall–Kier alpha value is -7.29. The number of rotatable bonds is 3. The number of fused-ring (bicyclic) bond motifs is 13. The predicted molar refractivity (Wildman–Crippen MR) is 247 cm³/mol. The van der Waals surface area contributed by atoms with Crippen molar-refractivity contribution in [2.45, 2.75) is 0 Å². The van der Waals surface area contributed by atoms with Crippen molar-refractivity contribution in [2.75, 3.05) is 4.90 Å². The minimum atomic E-state index is 0.0877. The van der Waals surface area contributed by atoms with Crippen LogP contribution in [0.3, 0.4) is 0 Å². The second kappa shape index (κ2) is 11.2. The molecule has 0 aliphatic carbocycles. The van der Waals surface area contributed by atoms with E-state index in [2.05, 4.69) is 204 Å². The van der Waals surface area contributed by atoms with Crippen molar-refractivity contribution in [2.24, 2.45) is 0 Å². The topological polar surface area (TPSA) is 8.17 Å². The number of hydrogen-bond donors (Lipinski definition) is 0. The van der Waals surface area contributed by atoms with Gasteiger partial charge in [-0.05, 0) is 109 Å². The summed E-state index contributed by atoms with van der Waals surface area (Å²) in [5, 5.41) is 2.53. The quantitative estimate of drug-likeness (QED) is 0.165. The summed E-state index contributed by atoms with van der Waals surface area (Å²) >= 11 is 0. The Labute approximate surface area is 337 Å². The molecule has 4 aliphatic rings. The molecule has 4 aliphatic heterocycles. The molecular formula is C54H32B2N2. The van der Waals surface area contributed by atoms with Gasteiger partial charge in [-0.25, -0.2) is 0 Å². The van der Waals surface area contributed by atoms with Crippen molar-refractivity contribution in [1.29, 1.82) is 0 Å². The standard InChI is InChI=1S/C54H32B2N2/c1-3-13-33(14-4-1)35-25-28-46-41(31-35)42-32-36(34-15-5-2-6-16-34)26-29-47(42)57(46)50-30-27-45-54-53(50)56-44-22-10-8-18-38(44)40-20-12-24-49(52(40)56)58(54)48-23-11-19-39-37-17-7-9-21-43(37)55(45)51(39)48/h1-32H. The highest BCUT2D eigenvalue weighted by molar-refractivity contribution is 7.05. The van der Waals surface area contributed by atoms with Crippen LogP contribution >= 0.6 is 0 Å². The lowest BCUT2D eigenvalue weighted by Gasteiger charge is -2.43. The van der Waals surface area contributed by atoms with Crippen molar-refractivity contribution in [3.63, 3.8) is 0 Å². The first-order valence-electron chi connectivity index (χ1n) is 20.4. The molecule has 0 spiro atoms. The third-order valence-corrected chi connectivity index (χ3v) is 13.6. The summed E-state index contributed by atoms with van der Waals surface area (Å²) in [6.07, 6.45) is 0. The van der Waals surface area contributed by atoms with Gasteiger partial charge >= 0.3 is 0 Å². The Morgan fingerprint density at radius 3 is 1.40 bits per heavy atom. The number of anilines is 3. The van der Waals surface area contributed by atoms with E-state index in [1.54, 1.807) is 0 Å². The van der Waals surface area contributed by atoms with Crippen LogP contribution in [0, 0.1) is 0 Å². The summed E-state index contributed by atoms with van der Waals surface area (Å²) < 4.78 is 2.59. The SMILES string of the molecule is c1ccc(-c2ccc3c(c2)c2cc(-c4ccccc4)ccc2n3-c2ccc3c4c2B2c5ccccc5-c5cccc(c52)N4c2cccc4c2B3c2ccccc2-4)cc1. The van der Waals surface area contributed by atoms with Gasteiger partial charge < -0.3 is 9.47 Å². The van der Waals surface area contributed by atoms with Crippen LogP contribution in [-0.2, 0) is 0 Å². The van der Waals surface area contributed by atoms with Gasteiger partial charge in [0, 0.05) is 33.5 Å². The van der Waals surface area contributed by atoms with Crippen LogP contribution in [0.5, 0.6) is 0 Å². The monoisotopic (exact) mass is 730 g/mol. The van der Waals surface area contributed by atoms with E-state index in [9.17, 15) is 0 Å². The molecule has 0 N–H and O–H groups in total. The maximum atomic E-state index is 2.64. The van der Waals surface area contributed by atoms with Gasteiger partial charge in [-0.3, -0.25) is 0 Å². The molecule has 0 saturated carbocycles. The van der Waals surface area contributed by atoms with E-state index < -0.39 is 0 Å². The fourth-order valence-electron chi connectivity index (χ4n) is 11.3. The van der Waals surface area contributed by atoms with Crippen LogP contribution in [-0.4, -0.2) is 18.0 Å². The largest absolute Gasteiger partial charge is 0.312 e. The van der Waals surface area contributed by atoms with E-state index >= 15 is 0 Å². The van der Waals surface area contributed by atoms with Crippen molar-refractivity contribution in [3.8, 4) is 50.2 Å². The molecule has 0 radical (unpaired) electrons. The summed E-state index contributed by atoms with van der Waals surface area (Å²) in [6, 6.07) is 72.9. The molecule has 14 rings (SSSR count). The predicted octanol–water partition coefficient (Wildman–Crippen LogP) is 9.21. The Bertz CT molecular complexity index is 3310. The van der Waals surface area contributed by atoms with Gasteiger partial charge in [0.05, 0.1) is 11.0 Å². The number of aromatic nitrogens is 1. The van der Waals surface area contributed by atoms with E-state index in [4.69, 9.17) is 0 Å². The molecular weight excluding hydrogens is 698 g/mol. The first kappa shape index (κ1) is 30.9. The second-order valence-electron chi connectivity index (χ2n) is 16.3. The molecule has 1 aromatic heterocycles. The first-order valence-corrected chi connectivity index (χ1v) is 20.4. The Morgan fingerprint density at radius 1 is 0.310 bits per heavy atom. The molecule has 58 heavy (non-hydrogen) atoms. The molecule has 0 unspecified atom stereocenters. The summed E-state index contributed by atoms with van der Waals surface area (Å²) in [6.45, 7) is 0.257. The number of benzene rings is 9. The maximum absolute atomic E-state index is 2.64. The molecule has 264 valence electrons. The third-order valence-electron chi connectivity index (χ3n) is 13.6. The molecule has 0 amide bonds. The van der Waals surface area contributed by atoms with Crippen LogP contribution in [0.2, 0.25) is 0 Å². The van der Waals surface area contributed by atoms with E-state index in [0.29, 0.717) is 0 Å². The van der Waals surface area contributed by atoms with E-state index in [1.165, 1.54) is 122 Å². The zero-order valence-electron chi connectivity index (χ0n) is 31.5. The first-order chi connectivity index (χ1) is 28.8. The lowest BCUT2D eigenvalue weighted by Crippen LogP contribution is -2.63. The summed E-state index contributed by atoms with van der Waals surface area (Å²) in [5.41, 5.74) is 26.4. The average molecular weight is 730 g/mol. The zero-order chi connectivity index (χ0) is 37.6. The molecule has 4 heteroatoms. The van der Waals surface area contributed by atoms with Crippen molar-refractivity contribution in [3.05, 3.63) is 194 Å². The van der Waals surface area contributed by atoms with Crippen molar-refractivity contribution in [1.82, 2.24) is 4.57 Å². The molecule has 2 nitrogen and oxygen atoms in total. The summed E-state index contributed by atoms with van der Waals surface area (Å²) in [5.74, 6) is 0. The van der Waals surface area contributed by atoms with Gasteiger partial charge in [-0.15, -0.1) is 0 Å². The van der Waals surface area contributed by atoms with Crippen molar-refractivity contribution < 1.29 is 0 Å². The smallest absolute Gasteiger partial charge is 0.250 e. The molecule has 0 atom stereocenters. The summed E-state index contributed by atoms with van der Waals surface area (Å²) in [4.78, 5) is 2.64. The molecule has 0 fully saturated rings. The normalized spacial score (nSPS) is 13.4. The average Bonchev–Trinajstić information content (AvgIpc) is 3.93. The Morgan fingerprint density at radius 2 is 0.810 bits per heavy atom. The van der Waals surface area contributed by atoms with Gasteiger partial charge in [0.25, 0.3) is 6.71 Å². The highest BCUT2D eigenvalue weighted by Crippen LogP contribution is 2.46. The van der Waals surface area contributed by atoms with Crippen LogP contribution in [0.25, 0.3) is 72.0 Å². The number of hydrogen-bond acceptors (Lipinski definition) is 1. The molecule has 0 saturated heterocycles. The highest BCUT2D eigenvalue weighted by Gasteiger charge is 2.50. The van der Waals surface area contributed by atoms with Gasteiger partial charge in [0.15, 0.2) is 0 Å². The molecule has 5 heterocycles. The third kappa shape index (κ3) is 3.85. The van der Waals surface area contributed by atoms with E-state index in [0.717, 1.165) is 0 Å². The minimum absolute atomic E-state index is 0.0877. The number of nitrogens with zero attached hydrogens (tertiary/aromatic N) is 2. The maximum Gasteiger partial charge on any atom is 0.250 e. The highest BCUT2D eigenvalue weighted by atomic mass is 15.2. The fourth-order valence-corrected chi connectivity index (χ4v) is 11.3. The second-order valence-corrected chi connectivity index (χ2v) is 16.3. The molecule has 0 bridgehead atoms. The van der Waals surface area contributed by atoms with Crippen LogP contribution in [0.4, 0.5) is 17.1 Å². The van der Waals surface area contributed by atoms with Gasteiger partial charge in [-0.1, -0.05) is 163 Å². The van der Waals surface area contributed by atoms with Gasteiger partial charge in [0.1, 0.15) is 0 Å². The lowest BCUT2D eigenvalue weighted by atomic mass is 9.32. The van der Waals surface area contributed by atoms with Gasteiger partial charge in [-0.2, -0.15) is 0 Å². The van der Waals surface area contributed by atoms with Crippen LogP contribution < -0.4 is 37.7 Å². The molecule has 9 aromatic carbocycles. The van der Waals surface area contributed by atoms with Crippen LogP contribution in [0.15, 0.2) is 194 Å². The van der Waals surface area contributed by atoms with E-state index in [1.807, 2.05) is 0 Å². The summed E-state index contributed by atoms with van der Waals surface area (Å²) in [7, 11) is 0. The van der Waals surface area contributed by atoms with Gasteiger partial charge in [0.2, 0.25) is 6.71 Å². The Kier molecular flexibility index (Phi) is 5.95. The minimum Gasteiger partial charge on any atom is -0.312 e.